The SMILES string of the molecule is Cn1c(NCCCOCc2ccccc2)c(C#N)c(=O)n(C)c1=O. The lowest BCUT2D eigenvalue weighted by molar-refractivity contribution is 0.120. The van der Waals surface area contributed by atoms with Gasteiger partial charge < -0.3 is 10.1 Å². The summed E-state index contributed by atoms with van der Waals surface area (Å²) in [6.45, 7) is 1.56. The summed E-state index contributed by atoms with van der Waals surface area (Å²) in [5.41, 5.74) is -0.0266. The zero-order valence-corrected chi connectivity index (χ0v) is 13.8. The summed E-state index contributed by atoms with van der Waals surface area (Å²) in [6, 6.07) is 11.7. The Morgan fingerprint density at radius 3 is 2.54 bits per heavy atom. The van der Waals surface area contributed by atoms with Crippen molar-refractivity contribution in [2.75, 3.05) is 18.5 Å². The zero-order chi connectivity index (χ0) is 17.5. The average Bonchev–Trinajstić information content (AvgIpc) is 2.61. The van der Waals surface area contributed by atoms with Crippen molar-refractivity contribution >= 4 is 5.82 Å². The van der Waals surface area contributed by atoms with E-state index < -0.39 is 11.2 Å². The van der Waals surface area contributed by atoms with Crippen LogP contribution in [0.1, 0.15) is 17.5 Å². The van der Waals surface area contributed by atoms with E-state index >= 15 is 0 Å². The lowest BCUT2D eigenvalue weighted by atomic mass is 10.2. The van der Waals surface area contributed by atoms with Gasteiger partial charge in [0.2, 0.25) is 0 Å². The minimum atomic E-state index is -0.594. The summed E-state index contributed by atoms with van der Waals surface area (Å²) in [6.07, 6.45) is 0.682. The molecule has 0 aliphatic heterocycles. The van der Waals surface area contributed by atoms with Gasteiger partial charge in [-0.2, -0.15) is 5.26 Å². The van der Waals surface area contributed by atoms with Gasteiger partial charge in [0, 0.05) is 27.2 Å². The van der Waals surface area contributed by atoms with Crippen LogP contribution in [-0.4, -0.2) is 22.3 Å². The van der Waals surface area contributed by atoms with Crippen LogP contribution in [0.4, 0.5) is 5.82 Å². The second-order valence-corrected chi connectivity index (χ2v) is 5.36. The molecule has 0 atom stereocenters. The molecule has 0 fully saturated rings. The Morgan fingerprint density at radius 2 is 1.88 bits per heavy atom. The molecule has 1 N–H and O–H groups in total. The molecule has 24 heavy (non-hydrogen) atoms. The summed E-state index contributed by atoms with van der Waals surface area (Å²) in [7, 11) is 2.88. The van der Waals surface area contributed by atoms with E-state index in [9.17, 15) is 9.59 Å². The number of anilines is 1. The first-order valence-electron chi connectivity index (χ1n) is 7.62. The Labute approximate surface area is 139 Å². The summed E-state index contributed by atoms with van der Waals surface area (Å²) >= 11 is 0. The van der Waals surface area contributed by atoms with Crippen LogP contribution in [0.5, 0.6) is 0 Å². The molecule has 126 valence electrons. The number of nitrogens with zero attached hydrogens (tertiary/aromatic N) is 3. The Balaban J connectivity index is 1.90. The molecule has 0 amide bonds. The predicted molar refractivity (Wildman–Crippen MR) is 90.8 cm³/mol. The first kappa shape index (κ1) is 17.5. The van der Waals surface area contributed by atoms with Crippen LogP contribution < -0.4 is 16.6 Å². The Morgan fingerprint density at radius 1 is 1.17 bits per heavy atom. The zero-order valence-electron chi connectivity index (χ0n) is 13.8. The predicted octanol–water partition coefficient (Wildman–Crippen LogP) is 0.974. The summed E-state index contributed by atoms with van der Waals surface area (Å²) < 4.78 is 7.76. The maximum Gasteiger partial charge on any atom is 0.332 e. The van der Waals surface area contributed by atoms with E-state index in [4.69, 9.17) is 10.00 Å². The number of rotatable bonds is 7. The molecular weight excluding hydrogens is 308 g/mol. The molecule has 1 aromatic heterocycles. The van der Waals surface area contributed by atoms with Crippen molar-refractivity contribution in [3.8, 4) is 6.07 Å². The van der Waals surface area contributed by atoms with E-state index in [0.29, 0.717) is 26.2 Å². The van der Waals surface area contributed by atoms with Crippen molar-refractivity contribution in [2.24, 2.45) is 14.1 Å². The molecule has 0 unspecified atom stereocenters. The fourth-order valence-corrected chi connectivity index (χ4v) is 2.30. The largest absolute Gasteiger partial charge is 0.377 e. The number of benzene rings is 1. The number of hydrogen-bond donors (Lipinski definition) is 1. The molecule has 1 heterocycles. The van der Waals surface area contributed by atoms with Gasteiger partial charge in [0.05, 0.1) is 6.61 Å². The third-order valence-electron chi connectivity index (χ3n) is 3.65. The smallest absolute Gasteiger partial charge is 0.332 e. The second kappa shape index (κ2) is 8.13. The molecule has 7 heteroatoms. The van der Waals surface area contributed by atoms with Gasteiger partial charge in [-0.25, -0.2) is 4.79 Å². The van der Waals surface area contributed by atoms with Gasteiger partial charge in [-0.05, 0) is 12.0 Å². The summed E-state index contributed by atoms with van der Waals surface area (Å²) in [5, 5.41) is 12.1. The van der Waals surface area contributed by atoms with Crippen molar-refractivity contribution in [1.82, 2.24) is 9.13 Å². The van der Waals surface area contributed by atoms with Gasteiger partial charge in [-0.3, -0.25) is 13.9 Å². The molecule has 0 aliphatic carbocycles. The third-order valence-corrected chi connectivity index (χ3v) is 3.65. The standard InChI is InChI=1S/C17H20N4O3/c1-20-15(14(11-18)16(22)21(2)17(20)23)19-9-6-10-24-12-13-7-4-3-5-8-13/h3-5,7-8,19H,6,9-10,12H2,1-2H3. The quantitative estimate of drug-likeness (QED) is 0.765. The first-order valence-corrected chi connectivity index (χ1v) is 7.62. The average molecular weight is 328 g/mol. The highest BCUT2D eigenvalue weighted by Crippen LogP contribution is 2.07. The second-order valence-electron chi connectivity index (χ2n) is 5.36. The van der Waals surface area contributed by atoms with Gasteiger partial charge >= 0.3 is 5.69 Å². The molecule has 1 aromatic carbocycles. The normalized spacial score (nSPS) is 10.4. The van der Waals surface area contributed by atoms with Crippen molar-refractivity contribution in [3.63, 3.8) is 0 Å². The molecule has 0 saturated carbocycles. The molecule has 0 spiro atoms. The summed E-state index contributed by atoms with van der Waals surface area (Å²) in [5.74, 6) is 0.244. The lowest BCUT2D eigenvalue weighted by Crippen LogP contribution is -2.40. The minimum absolute atomic E-state index is 0.0650. The highest BCUT2D eigenvalue weighted by atomic mass is 16.5. The minimum Gasteiger partial charge on any atom is -0.377 e. The number of aromatic nitrogens is 2. The third kappa shape index (κ3) is 3.91. The van der Waals surface area contributed by atoms with E-state index in [1.54, 1.807) is 0 Å². The van der Waals surface area contributed by atoms with Gasteiger partial charge in [-0.1, -0.05) is 30.3 Å². The Kier molecular flexibility index (Phi) is 5.93. The van der Waals surface area contributed by atoms with Crippen molar-refractivity contribution in [1.29, 1.82) is 5.26 Å². The fraction of sp³-hybridized carbons (Fsp3) is 0.353. The molecule has 0 saturated heterocycles. The number of ether oxygens (including phenoxy) is 1. The maximum absolute atomic E-state index is 11.9. The highest BCUT2D eigenvalue weighted by Gasteiger charge is 2.14. The molecule has 7 nitrogen and oxygen atoms in total. The van der Waals surface area contributed by atoms with Crippen molar-refractivity contribution < 1.29 is 4.74 Å². The Hall–Kier alpha value is -2.85. The van der Waals surface area contributed by atoms with Gasteiger partial charge in [0.25, 0.3) is 5.56 Å². The monoisotopic (exact) mass is 328 g/mol. The van der Waals surface area contributed by atoms with Crippen LogP contribution in [0.25, 0.3) is 0 Å². The molecule has 2 rings (SSSR count). The first-order chi connectivity index (χ1) is 11.6. The molecule has 0 aliphatic rings. The fourth-order valence-electron chi connectivity index (χ4n) is 2.30. The van der Waals surface area contributed by atoms with Crippen LogP contribution in [0.15, 0.2) is 39.9 Å². The van der Waals surface area contributed by atoms with E-state index in [2.05, 4.69) is 5.32 Å². The van der Waals surface area contributed by atoms with E-state index in [1.165, 1.54) is 18.7 Å². The van der Waals surface area contributed by atoms with Gasteiger partial charge in [0.1, 0.15) is 11.9 Å². The highest BCUT2D eigenvalue weighted by molar-refractivity contribution is 5.51. The molecule has 2 aromatic rings. The maximum atomic E-state index is 11.9. The van der Waals surface area contributed by atoms with Crippen LogP contribution in [0, 0.1) is 11.3 Å². The van der Waals surface area contributed by atoms with Gasteiger partial charge in [0.15, 0.2) is 5.56 Å². The van der Waals surface area contributed by atoms with Crippen LogP contribution >= 0.6 is 0 Å². The number of nitriles is 1. The van der Waals surface area contributed by atoms with E-state index in [-0.39, 0.29) is 11.4 Å². The van der Waals surface area contributed by atoms with Crippen LogP contribution in [-0.2, 0) is 25.4 Å². The summed E-state index contributed by atoms with van der Waals surface area (Å²) in [4.78, 5) is 23.9. The van der Waals surface area contributed by atoms with Crippen molar-refractivity contribution in [2.45, 2.75) is 13.0 Å². The lowest BCUT2D eigenvalue weighted by Gasteiger charge is -2.13. The molecule has 0 radical (unpaired) electrons. The molecule has 0 bridgehead atoms. The van der Waals surface area contributed by atoms with Crippen LogP contribution in [0.2, 0.25) is 0 Å². The van der Waals surface area contributed by atoms with Gasteiger partial charge in [-0.15, -0.1) is 0 Å². The van der Waals surface area contributed by atoms with Crippen LogP contribution in [0.3, 0.4) is 0 Å². The number of nitrogens with one attached hydrogen (secondary N) is 1. The molecular formula is C17H20N4O3. The van der Waals surface area contributed by atoms with Crippen molar-refractivity contribution in [3.05, 3.63) is 62.3 Å². The number of hydrogen-bond acceptors (Lipinski definition) is 5. The van der Waals surface area contributed by atoms with E-state index in [0.717, 1.165) is 10.1 Å². The Bertz CT molecular complexity index is 847. The topological polar surface area (TPSA) is 89.1 Å². The van der Waals surface area contributed by atoms with E-state index in [1.807, 2.05) is 36.4 Å².